The predicted octanol–water partition coefficient (Wildman–Crippen LogP) is 4.27. The number of benzene rings is 2. The molecule has 144 valence electrons. The lowest BCUT2D eigenvalue weighted by molar-refractivity contribution is -0.140. The number of anilines is 1. The highest BCUT2D eigenvalue weighted by Crippen LogP contribution is 2.34. The second kappa shape index (κ2) is 8.52. The first-order valence-corrected chi connectivity index (χ1v) is 9.04. The Bertz CT molecular complexity index is 1010. The zero-order chi connectivity index (χ0) is 20.1. The molecule has 1 aromatic heterocycles. The lowest BCUT2D eigenvalue weighted by Gasteiger charge is -2.14. The Balaban J connectivity index is 1.93. The number of esters is 1. The first-order chi connectivity index (χ1) is 13.5. The molecule has 0 bridgehead atoms. The number of nitrogens with one attached hydrogen (secondary N) is 1. The van der Waals surface area contributed by atoms with Crippen molar-refractivity contribution in [3.05, 3.63) is 59.8 Å². The third kappa shape index (κ3) is 4.11. The maximum absolute atomic E-state index is 11.2. The fourth-order valence-corrected chi connectivity index (χ4v) is 3.18. The van der Waals surface area contributed by atoms with E-state index in [-0.39, 0.29) is 11.5 Å². The molecular formula is C22H22N2O4. The van der Waals surface area contributed by atoms with Crippen LogP contribution in [0.15, 0.2) is 48.7 Å². The van der Waals surface area contributed by atoms with Crippen molar-refractivity contribution in [1.82, 2.24) is 4.98 Å². The summed E-state index contributed by atoms with van der Waals surface area (Å²) in [4.78, 5) is 26.9. The summed E-state index contributed by atoms with van der Waals surface area (Å²) in [6, 6.07) is 12.8. The molecule has 0 saturated heterocycles. The number of fused-ring (bicyclic) bond motifs is 1. The molecule has 0 fully saturated rings. The molecule has 0 saturated carbocycles. The molecule has 0 amide bonds. The Morgan fingerprint density at radius 1 is 1.14 bits per heavy atom. The van der Waals surface area contributed by atoms with E-state index in [0.717, 1.165) is 33.3 Å². The third-order valence-electron chi connectivity index (χ3n) is 4.64. The van der Waals surface area contributed by atoms with Gasteiger partial charge in [-0.3, -0.25) is 4.79 Å². The molecule has 3 aromatic rings. The molecule has 0 radical (unpaired) electrons. The summed E-state index contributed by atoms with van der Waals surface area (Å²) in [5.74, 6) is -0.415. The van der Waals surface area contributed by atoms with E-state index in [1.54, 1.807) is 30.5 Å². The van der Waals surface area contributed by atoms with Crippen LogP contribution in [0.5, 0.6) is 0 Å². The predicted molar refractivity (Wildman–Crippen MR) is 109 cm³/mol. The zero-order valence-corrected chi connectivity index (χ0v) is 15.9. The number of carbonyl (C=O) groups excluding carboxylic acids is 1. The molecule has 6 heteroatoms. The van der Waals surface area contributed by atoms with Crippen LogP contribution in [0.1, 0.15) is 28.8 Å². The Labute approximate surface area is 163 Å². The molecule has 0 aliphatic heterocycles. The van der Waals surface area contributed by atoms with E-state index in [1.165, 1.54) is 7.11 Å². The summed E-state index contributed by atoms with van der Waals surface area (Å²) < 4.78 is 4.66. The van der Waals surface area contributed by atoms with Crippen LogP contribution in [-0.2, 0) is 9.53 Å². The fraction of sp³-hybridized carbons (Fsp3) is 0.227. The monoisotopic (exact) mass is 378 g/mol. The SMILES string of the molecule is COC(=O)CCCNc1ncc(-c2ccc(C(=O)O)cc2)c2c(C)cccc12. The Kier molecular flexibility index (Phi) is 5.89. The molecule has 3 rings (SSSR count). The highest BCUT2D eigenvalue weighted by atomic mass is 16.5. The minimum Gasteiger partial charge on any atom is -0.478 e. The number of hydrogen-bond acceptors (Lipinski definition) is 5. The second-order valence-electron chi connectivity index (χ2n) is 6.51. The van der Waals surface area contributed by atoms with E-state index in [2.05, 4.69) is 15.0 Å². The second-order valence-corrected chi connectivity index (χ2v) is 6.51. The van der Waals surface area contributed by atoms with E-state index in [9.17, 15) is 9.59 Å². The van der Waals surface area contributed by atoms with Gasteiger partial charge in [0.2, 0.25) is 0 Å². The normalized spacial score (nSPS) is 10.6. The van der Waals surface area contributed by atoms with Crippen molar-refractivity contribution >= 4 is 28.5 Å². The Hall–Kier alpha value is -3.41. The molecule has 0 spiro atoms. The number of ether oxygens (including phenoxy) is 1. The van der Waals surface area contributed by atoms with Gasteiger partial charge >= 0.3 is 11.9 Å². The molecule has 0 aliphatic carbocycles. The van der Waals surface area contributed by atoms with Crippen LogP contribution in [0, 0.1) is 6.92 Å². The van der Waals surface area contributed by atoms with Gasteiger partial charge in [-0.25, -0.2) is 9.78 Å². The summed E-state index contributed by atoms with van der Waals surface area (Å²) >= 11 is 0. The van der Waals surface area contributed by atoms with Gasteiger partial charge in [0.15, 0.2) is 0 Å². The van der Waals surface area contributed by atoms with Gasteiger partial charge in [-0.15, -0.1) is 0 Å². The third-order valence-corrected chi connectivity index (χ3v) is 4.64. The molecule has 2 N–H and O–H groups in total. The summed E-state index contributed by atoms with van der Waals surface area (Å²) in [5.41, 5.74) is 3.22. The van der Waals surface area contributed by atoms with Crippen molar-refractivity contribution < 1.29 is 19.4 Å². The van der Waals surface area contributed by atoms with Crippen molar-refractivity contribution in [2.24, 2.45) is 0 Å². The molecule has 0 unspecified atom stereocenters. The largest absolute Gasteiger partial charge is 0.478 e. The molecule has 6 nitrogen and oxygen atoms in total. The number of rotatable bonds is 7. The van der Waals surface area contributed by atoms with Crippen LogP contribution in [-0.4, -0.2) is 35.7 Å². The average Bonchev–Trinajstić information content (AvgIpc) is 2.71. The first-order valence-electron chi connectivity index (χ1n) is 9.04. The topological polar surface area (TPSA) is 88.5 Å². The van der Waals surface area contributed by atoms with Gasteiger partial charge in [0, 0.05) is 30.1 Å². The number of carbonyl (C=O) groups is 2. The van der Waals surface area contributed by atoms with Crippen LogP contribution < -0.4 is 5.32 Å². The first kappa shape index (κ1) is 19.4. The van der Waals surface area contributed by atoms with Crippen molar-refractivity contribution in [1.29, 1.82) is 0 Å². The van der Waals surface area contributed by atoms with Crippen molar-refractivity contribution in [3.63, 3.8) is 0 Å². The number of aryl methyl sites for hydroxylation is 1. The van der Waals surface area contributed by atoms with E-state index in [4.69, 9.17) is 5.11 Å². The van der Waals surface area contributed by atoms with Crippen molar-refractivity contribution in [2.45, 2.75) is 19.8 Å². The number of nitrogens with zero attached hydrogens (tertiary/aromatic N) is 1. The molecular weight excluding hydrogens is 356 g/mol. The van der Waals surface area contributed by atoms with Crippen LogP contribution in [0.25, 0.3) is 21.9 Å². The molecule has 28 heavy (non-hydrogen) atoms. The number of aromatic carboxylic acids is 1. The standard InChI is InChI=1S/C22H22N2O4/c1-14-5-3-6-17-20(14)18(15-8-10-16(11-9-15)22(26)27)13-24-21(17)23-12-4-7-19(25)28-2/h3,5-6,8-11,13H,4,7,12H2,1-2H3,(H,23,24)(H,26,27). The smallest absolute Gasteiger partial charge is 0.335 e. The van der Waals surface area contributed by atoms with Crippen LogP contribution in [0.4, 0.5) is 5.82 Å². The lowest BCUT2D eigenvalue weighted by atomic mass is 9.96. The molecule has 1 heterocycles. The van der Waals surface area contributed by atoms with Crippen LogP contribution >= 0.6 is 0 Å². The maximum Gasteiger partial charge on any atom is 0.335 e. The number of methoxy groups -OCH3 is 1. The van der Waals surface area contributed by atoms with Crippen LogP contribution in [0.2, 0.25) is 0 Å². The van der Waals surface area contributed by atoms with E-state index < -0.39 is 5.97 Å². The average molecular weight is 378 g/mol. The quantitative estimate of drug-likeness (QED) is 0.471. The van der Waals surface area contributed by atoms with Crippen molar-refractivity contribution in [2.75, 3.05) is 19.0 Å². The summed E-state index contributed by atoms with van der Waals surface area (Å²) in [6.45, 7) is 2.65. The minimum absolute atomic E-state index is 0.226. The highest BCUT2D eigenvalue weighted by molar-refractivity contribution is 6.03. The number of hydrogen-bond donors (Lipinski definition) is 2. The van der Waals surface area contributed by atoms with Gasteiger partial charge in [0.25, 0.3) is 0 Å². The summed E-state index contributed by atoms with van der Waals surface area (Å²) in [5, 5.41) is 14.5. The van der Waals surface area contributed by atoms with E-state index >= 15 is 0 Å². The molecule has 0 aliphatic rings. The summed E-state index contributed by atoms with van der Waals surface area (Å²) in [6.07, 6.45) is 2.81. The van der Waals surface area contributed by atoms with Gasteiger partial charge < -0.3 is 15.2 Å². The highest BCUT2D eigenvalue weighted by Gasteiger charge is 2.12. The molecule has 2 aromatic carbocycles. The maximum atomic E-state index is 11.2. The molecule has 0 atom stereocenters. The Morgan fingerprint density at radius 3 is 2.57 bits per heavy atom. The Morgan fingerprint density at radius 2 is 1.89 bits per heavy atom. The fourth-order valence-electron chi connectivity index (χ4n) is 3.18. The number of pyridine rings is 1. The number of aromatic nitrogens is 1. The van der Waals surface area contributed by atoms with Crippen LogP contribution in [0.3, 0.4) is 0 Å². The zero-order valence-electron chi connectivity index (χ0n) is 15.9. The summed E-state index contributed by atoms with van der Waals surface area (Å²) in [7, 11) is 1.38. The van der Waals surface area contributed by atoms with Gasteiger partial charge in [-0.1, -0.05) is 30.3 Å². The number of carboxylic acid groups (broad SMARTS) is 1. The minimum atomic E-state index is -0.947. The lowest BCUT2D eigenvalue weighted by Crippen LogP contribution is -2.08. The van der Waals surface area contributed by atoms with E-state index in [1.807, 2.05) is 25.1 Å². The van der Waals surface area contributed by atoms with Crippen molar-refractivity contribution in [3.8, 4) is 11.1 Å². The van der Waals surface area contributed by atoms with Gasteiger partial charge in [-0.05, 0) is 42.0 Å². The van der Waals surface area contributed by atoms with E-state index in [0.29, 0.717) is 19.4 Å². The van der Waals surface area contributed by atoms with Gasteiger partial charge in [0.1, 0.15) is 5.82 Å². The van der Waals surface area contributed by atoms with Gasteiger partial charge in [0.05, 0.1) is 12.7 Å². The van der Waals surface area contributed by atoms with Gasteiger partial charge in [-0.2, -0.15) is 0 Å². The number of carboxylic acids is 1.